The largest absolute Gasteiger partial charge is 0.482 e. The van der Waals surface area contributed by atoms with Crippen molar-refractivity contribution in [3.05, 3.63) is 28.2 Å². The molecule has 0 unspecified atom stereocenters. The fourth-order valence-electron chi connectivity index (χ4n) is 1.64. The number of benzene rings is 1. The molecule has 6 nitrogen and oxygen atoms in total. The van der Waals surface area contributed by atoms with Crippen molar-refractivity contribution in [2.45, 2.75) is 0 Å². The summed E-state index contributed by atoms with van der Waals surface area (Å²) in [6.07, 6.45) is 0. The van der Waals surface area contributed by atoms with Gasteiger partial charge in [-0.15, -0.1) is 0 Å². The van der Waals surface area contributed by atoms with Crippen molar-refractivity contribution in [2.75, 3.05) is 19.7 Å². The Kier molecular flexibility index (Phi) is 4.46. The van der Waals surface area contributed by atoms with Gasteiger partial charge < -0.3 is 9.64 Å². The van der Waals surface area contributed by atoms with Crippen LogP contribution in [0.3, 0.4) is 0 Å². The Hall–Kier alpha value is -1.79. The van der Waals surface area contributed by atoms with Crippen LogP contribution in [0.2, 0.25) is 10.0 Å². The maximum Gasteiger partial charge on any atom is 0.261 e. The third kappa shape index (κ3) is 3.61. The van der Waals surface area contributed by atoms with Gasteiger partial charge in [0.15, 0.2) is 6.61 Å². The molecule has 0 atom stereocenters. The molecule has 1 aromatic carbocycles. The van der Waals surface area contributed by atoms with Crippen LogP contribution in [-0.4, -0.2) is 42.3 Å². The number of halogens is 2. The first-order valence-corrected chi connectivity index (χ1v) is 6.39. The first-order chi connectivity index (χ1) is 9.45. The Morgan fingerprint density at radius 3 is 2.50 bits per heavy atom. The number of hydrogen-bond donors (Lipinski definition) is 1. The lowest BCUT2D eigenvalue weighted by Crippen LogP contribution is -2.54. The number of piperazine rings is 1. The van der Waals surface area contributed by atoms with Gasteiger partial charge in [-0.2, -0.15) is 0 Å². The van der Waals surface area contributed by atoms with Crippen LogP contribution in [-0.2, 0) is 14.4 Å². The van der Waals surface area contributed by atoms with Crippen LogP contribution in [0.15, 0.2) is 18.2 Å². The Labute approximate surface area is 124 Å². The molecule has 0 aromatic heterocycles. The highest BCUT2D eigenvalue weighted by Gasteiger charge is 2.26. The fourth-order valence-corrected chi connectivity index (χ4v) is 2.10. The maximum atomic E-state index is 11.8. The van der Waals surface area contributed by atoms with E-state index < -0.39 is 17.7 Å². The molecular weight excluding hydrogens is 307 g/mol. The summed E-state index contributed by atoms with van der Waals surface area (Å²) in [5, 5.41) is 2.83. The standard InChI is InChI=1S/C12H10Cl2N2O4/c13-7-1-2-9(8(14)3-7)20-6-12(19)16-4-10(17)15-11(18)5-16/h1-3H,4-6H2,(H,15,17,18). The summed E-state index contributed by atoms with van der Waals surface area (Å²) in [6.45, 7) is -0.646. The van der Waals surface area contributed by atoms with E-state index in [4.69, 9.17) is 27.9 Å². The van der Waals surface area contributed by atoms with E-state index in [9.17, 15) is 14.4 Å². The molecule has 0 aliphatic carbocycles. The zero-order valence-corrected chi connectivity index (χ0v) is 11.7. The van der Waals surface area contributed by atoms with Crippen LogP contribution >= 0.6 is 23.2 Å². The fraction of sp³-hybridized carbons (Fsp3) is 0.250. The molecule has 1 fully saturated rings. The lowest BCUT2D eigenvalue weighted by atomic mass is 10.3. The normalized spacial score (nSPS) is 15.0. The number of ether oxygens (including phenoxy) is 1. The maximum absolute atomic E-state index is 11.8. The van der Waals surface area contributed by atoms with Crippen LogP contribution in [0.4, 0.5) is 0 Å². The Balaban J connectivity index is 1.95. The van der Waals surface area contributed by atoms with Crippen molar-refractivity contribution in [2.24, 2.45) is 0 Å². The number of rotatable bonds is 3. The van der Waals surface area contributed by atoms with Gasteiger partial charge in [0.2, 0.25) is 11.8 Å². The Morgan fingerprint density at radius 2 is 1.90 bits per heavy atom. The SMILES string of the molecule is O=C1CN(C(=O)COc2ccc(Cl)cc2Cl)CC(=O)N1. The molecule has 1 N–H and O–H groups in total. The quantitative estimate of drug-likeness (QED) is 0.839. The van der Waals surface area contributed by atoms with Crippen molar-refractivity contribution in [3.8, 4) is 5.75 Å². The molecule has 2 rings (SSSR count). The van der Waals surface area contributed by atoms with Crippen LogP contribution in [0.5, 0.6) is 5.75 Å². The summed E-state index contributed by atoms with van der Waals surface area (Å²) in [6, 6.07) is 4.60. The zero-order chi connectivity index (χ0) is 14.7. The number of nitrogens with one attached hydrogen (secondary N) is 1. The van der Waals surface area contributed by atoms with Crippen LogP contribution in [0, 0.1) is 0 Å². The van der Waals surface area contributed by atoms with E-state index >= 15 is 0 Å². The van der Waals surface area contributed by atoms with Crippen LogP contribution in [0.25, 0.3) is 0 Å². The predicted octanol–water partition coefficient (Wildman–Crippen LogP) is 0.857. The average Bonchev–Trinajstić information content (AvgIpc) is 2.36. The van der Waals surface area contributed by atoms with E-state index in [2.05, 4.69) is 5.32 Å². The van der Waals surface area contributed by atoms with E-state index in [1.54, 1.807) is 6.07 Å². The molecule has 0 radical (unpaired) electrons. The Bertz CT molecular complexity index is 561. The lowest BCUT2D eigenvalue weighted by molar-refractivity contribution is -0.146. The summed E-state index contributed by atoms with van der Waals surface area (Å²) in [4.78, 5) is 35.3. The van der Waals surface area contributed by atoms with E-state index in [-0.39, 0.29) is 24.7 Å². The summed E-state index contributed by atoms with van der Waals surface area (Å²) in [5.41, 5.74) is 0. The van der Waals surface area contributed by atoms with E-state index in [0.717, 1.165) is 4.90 Å². The number of carbonyl (C=O) groups is 3. The third-order valence-electron chi connectivity index (χ3n) is 2.55. The van der Waals surface area contributed by atoms with Gasteiger partial charge in [0, 0.05) is 5.02 Å². The molecule has 20 heavy (non-hydrogen) atoms. The van der Waals surface area contributed by atoms with Gasteiger partial charge in [0.25, 0.3) is 5.91 Å². The molecule has 0 saturated carbocycles. The van der Waals surface area contributed by atoms with Gasteiger partial charge >= 0.3 is 0 Å². The highest BCUT2D eigenvalue weighted by molar-refractivity contribution is 6.35. The Morgan fingerprint density at radius 1 is 1.25 bits per heavy atom. The molecule has 1 aliphatic heterocycles. The van der Waals surface area contributed by atoms with Gasteiger partial charge in [-0.25, -0.2) is 0 Å². The van der Waals surface area contributed by atoms with Crippen molar-refractivity contribution in [3.63, 3.8) is 0 Å². The summed E-state index contributed by atoms with van der Waals surface area (Å²) < 4.78 is 5.25. The number of nitrogens with zero attached hydrogens (tertiary/aromatic N) is 1. The topological polar surface area (TPSA) is 75.7 Å². The highest BCUT2D eigenvalue weighted by atomic mass is 35.5. The molecule has 3 amide bonds. The summed E-state index contributed by atoms with van der Waals surface area (Å²) in [5.74, 6) is -1.20. The minimum atomic E-state index is -0.515. The second kappa shape index (κ2) is 6.11. The van der Waals surface area contributed by atoms with Gasteiger partial charge in [0.1, 0.15) is 18.8 Å². The van der Waals surface area contributed by atoms with E-state index in [1.807, 2.05) is 0 Å². The molecule has 1 saturated heterocycles. The molecule has 1 aliphatic rings. The number of carbonyl (C=O) groups excluding carboxylic acids is 3. The van der Waals surface area contributed by atoms with Crippen molar-refractivity contribution < 1.29 is 19.1 Å². The van der Waals surface area contributed by atoms with Crippen LogP contribution in [0.1, 0.15) is 0 Å². The average molecular weight is 317 g/mol. The minimum Gasteiger partial charge on any atom is -0.482 e. The molecule has 0 bridgehead atoms. The molecule has 1 heterocycles. The minimum absolute atomic E-state index is 0.164. The smallest absolute Gasteiger partial charge is 0.261 e. The van der Waals surface area contributed by atoms with Gasteiger partial charge in [0.05, 0.1) is 5.02 Å². The molecule has 106 valence electrons. The molecular formula is C12H10Cl2N2O4. The van der Waals surface area contributed by atoms with E-state index in [0.29, 0.717) is 10.8 Å². The lowest BCUT2D eigenvalue weighted by Gasteiger charge is -2.25. The van der Waals surface area contributed by atoms with Gasteiger partial charge in [-0.05, 0) is 18.2 Å². The second-order valence-corrected chi connectivity index (χ2v) is 4.93. The molecule has 1 aromatic rings. The third-order valence-corrected chi connectivity index (χ3v) is 3.08. The van der Waals surface area contributed by atoms with Crippen molar-refractivity contribution in [1.82, 2.24) is 10.2 Å². The number of imide groups is 1. The summed E-state index contributed by atoms with van der Waals surface area (Å²) in [7, 11) is 0. The van der Waals surface area contributed by atoms with Crippen molar-refractivity contribution >= 4 is 40.9 Å². The first kappa shape index (κ1) is 14.6. The van der Waals surface area contributed by atoms with Crippen LogP contribution < -0.4 is 10.1 Å². The predicted molar refractivity (Wildman–Crippen MR) is 71.7 cm³/mol. The van der Waals surface area contributed by atoms with Gasteiger partial charge in [-0.1, -0.05) is 23.2 Å². The number of amides is 3. The monoisotopic (exact) mass is 316 g/mol. The summed E-state index contributed by atoms with van der Waals surface area (Å²) >= 11 is 11.6. The van der Waals surface area contributed by atoms with Crippen molar-refractivity contribution in [1.29, 1.82) is 0 Å². The molecule has 8 heteroatoms. The zero-order valence-electron chi connectivity index (χ0n) is 10.2. The number of hydrogen-bond acceptors (Lipinski definition) is 4. The highest BCUT2D eigenvalue weighted by Crippen LogP contribution is 2.27. The second-order valence-electron chi connectivity index (χ2n) is 4.08. The molecule has 0 spiro atoms. The van der Waals surface area contributed by atoms with E-state index in [1.165, 1.54) is 12.1 Å². The first-order valence-electron chi connectivity index (χ1n) is 5.64. The van der Waals surface area contributed by atoms with Gasteiger partial charge in [-0.3, -0.25) is 19.7 Å².